The molecule has 1 aromatic carbocycles. The second-order valence-electron chi connectivity index (χ2n) is 8.00. The summed E-state index contributed by atoms with van der Waals surface area (Å²) in [6.45, 7) is 3.06. The van der Waals surface area contributed by atoms with Gasteiger partial charge >= 0.3 is 0 Å². The fourth-order valence-electron chi connectivity index (χ4n) is 4.07. The first kappa shape index (κ1) is 22.7. The van der Waals surface area contributed by atoms with Crippen LogP contribution >= 0.6 is 0 Å². The third-order valence-electron chi connectivity index (χ3n) is 5.82. The van der Waals surface area contributed by atoms with Crippen LogP contribution in [0.3, 0.4) is 0 Å². The van der Waals surface area contributed by atoms with E-state index in [1.54, 1.807) is 42.6 Å². The van der Waals surface area contributed by atoms with Crippen molar-refractivity contribution in [3.8, 4) is 6.07 Å². The molecule has 172 valence electrons. The average molecular weight is 467 g/mol. The van der Waals surface area contributed by atoms with Gasteiger partial charge in [0, 0.05) is 50.9 Å². The summed E-state index contributed by atoms with van der Waals surface area (Å²) in [6, 6.07) is 12.5. The number of carbonyl (C=O) groups is 1. The molecule has 0 bridgehead atoms. The lowest BCUT2D eigenvalue weighted by atomic mass is 10.1. The number of unbranched alkanes of at least 4 members (excludes halogenated alkanes) is 2. The summed E-state index contributed by atoms with van der Waals surface area (Å²) in [4.78, 5) is 25.5. The topological polar surface area (TPSA) is 119 Å². The number of pyridine rings is 1. The lowest BCUT2D eigenvalue weighted by Crippen LogP contribution is -2.49. The quantitative estimate of drug-likeness (QED) is 0.623. The number of nitrogens with zero attached hydrogens (tertiary/aromatic N) is 5. The van der Waals surface area contributed by atoms with Gasteiger partial charge in [-0.3, -0.25) is 14.5 Å². The van der Waals surface area contributed by atoms with Crippen LogP contribution in [0.1, 0.15) is 36.8 Å². The van der Waals surface area contributed by atoms with Crippen LogP contribution < -0.4 is 9.62 Å². The molecule has 0 unspecified atom stereocenters. The van der Waals surface area contributed by atoms with Crippen molar-refractivity contribution in [2.24, 2.45) is 4.99 Å². The zero-order chi connectivity index (χ0) is 23.3. The van der Waals surface area contributed by atoms with Crippen LogP contribution in [0.5, 0.6) is 0 Å². The summed E-state index contributed by atoms with van der Waals surface area (Å²) in [5.41, 5.74) is 1.16. The molecule has 3 heterocycles. The third-order valence-corrected chi connectivity index (χ3v) is 7.22. The summed E-state index contributed by atoms with van der Waals surface area (Å²) < 4.78 is 26.7. The molecule has 33 heavy (non-hydrogen) atoms. The van der Waals surface area contributed by atoms with Gasteiger partial charge in [0.05, 0.1) is 10.5 Å². The van der Waals surface area contributed by atoms with E-state index in [1.807, 2.05) is 4.90 Å². The Hall–Kier alpha value is -3.45. The highest BCUT2D eigenvalue weighted by Gasteiger charge is 2.30. The standard InChI is InChI=1S/C23H26N6O3S/c24-17-18-7-6-12-26-23(18)29-15-13-28(14-16-29)21(30)10-2-1-5-11-25-22-19-8-3-4-9-20(19)33(31,32)27-22/h3-4,6-9,12H,1-2,5,10-11,13-16H2,(H,25,27). The Balaban J connectivity index is 1.18. The first-order chi connectivity index (χ1) is 16.0. The molecular formula is C23H26N6O3S. The van der Waals surface area contributed by atoms with Crippen molar-refractivity contribution in [2.75, 3.05) is 37.6 Å². The molecule has 1 N–H and O–H groups in total. The van der Waals surface area contributed by atoms with E-state index in [4.69, 9.17) is 0 Å². The van der Waals surface area contributed by atoms with Gasteiger partial charge in [0.2, 0.25) is 5.91 Å². The summed E-state index contributed by atoms with van der Waals surface area (Å²) in [6.07, 6.45) is 4.56. The lowest BCUT2D eigenvalue weighted by molar-refractivity contribution is -0.131. The average Bonchev–Trinajstić information content (AvgIpc) is 3.11. The van der Waals surface area contributed by atoms with E-state index < -0.39 is 10.0 Å². The SMILES string of the molecule is N#Cc1cccnc1N1CCN(C(=O)CCCCCN=C2NS(=O)(=O)c3ccccc32)CC1. The van der Waals surface area contributed by atoms with Crippen molar-refractivity contribution in [1.29, 1.82) is 5.26 Å². The van der Waals surface area contributed by atoms with Crippen molar-refractivity contribution < 1.29 is 13.2 Å². The number of aromatic nitrogens is 1. The maximum atomic E-state index is 12.6. The summed E-state index contributed by atoms with van der Waals surface area (Å²) in [5, 5.41) is 9.26. The molecule has 1 aromatic heterocycles. The Labute approximate surface area is 193 Å². The Bertz CT molecular complexity index is 1200. The molecular weight excluding hydrogens is 440 g/mol. The molecule has 0 spiro atoms. The van der Waals surface area contributed by atoms with Crippen LogP contribution in [0.15, 0.2) is 52.5 Å². The van der Waals surface area contributed by atoms with Gasteiger partial charge in [0.15, 0.2) is 0 Å². The van der Waals surface area contributed by atoms with Crippen molar-refractivity contribution in [3.63, 3.8) is 0 Å². The van der Waals surface area contributed by atoms with Gasteiger partial charge in [-0.2, -0.15) is 5.26 Å². The number of aliphatic imine (C=N–C) groups is 1. The molecule has 2 aliphatic heterocycles. The van der Waals surface area contributed by atoms with Gasteiger partial charge < -0.3 is 9.80 Å². The normalized spacial score (nSPS) is 18.0. The molecule has 1 saturated heterocycles. The molecule has 0 aliphatic carbocycles. The van der Waals surface area contributed by atoms with E-state index in [-0.39, 0.29) is 10.8 Å². The zero-order valence-corrected chi connectivity index (χ0v) is 19.1. The van der Waals surface area contributed by atoms with Crippen LogP contribution in [0.25, 0.3) is 0 Å². The fourth-order valence-corrected chi connectivity index (χ4v) is 5.32. The van der Waals surface area contributed by atoms with Gasteiger partial charge in [-0.25, -0.2) is 13.4 Å². The second kappa shape index (κ2) is 10.0. The molecule has 4 rings (SSSR count). The van der Waals surface area contributed by atoms with Gasteiger partial charge in [0.25, 0.3) is 10.0 Å². The molecule has 2 aromatic rings. The smallest absolute Gasteiger partial charge is 0.263 e. The highest BCUT2D eigenvalue weighted by Crippen LogP contribution is 2.22. The number of benzene rings is 1. The van der Waals surface area contributed by atoms with Crippen LogP contribution in [0, 0.1) is 11.3 Å². The zero-order valence-electron chi connectivity index (χ0n) is 18.3. The Kier molecular flexibility index (Phi) is 6.89. The summed E-state index contributed by atoms with van der Waals surface area (Å²) >= 11 is 0. The van der Waals surface area contributed by atoms with Crippen molar-refractivity contribution >= 4 is 27.6 Å². The highest BCUT2D eigenvalue weighted by molar-refractivity contribution is 7.90. The highest BCUT2D eigenvalue weighted by atomic mass is 32.2. The number of piperazine rings is 1. The first-order valence-corrected chi connectivity index (χ1v) is 12.5. The molecule has 0 radical (unpaired) electrons. The van der Waals surface area contributed by atoms with Crippen molar-refractivity contribution in [3.05, 3.63) is 53.7 Å². The minimum absolute atomic E-state index is 0.139. The number of nitriles is 1. The van der Waals surface area contributed by atoms with Crippen molar-refractivity contribution in [2.45, 2.75) is 30.6 Å². The van der Waals surface area contributed by atoms with Crippen LogP contribution in [0.4, 0.5) is 5.82 Å². The predicted octanol–water partition coefficient (Wildman–Crippen LogP) is 1.90. The molecule has 10 heteroatoms. The first-order valence-electron chi connectivity index (χ1n) is 11.0. The number of amides is 1. The summed E-state index contributed by atoms with van der Waals surface area (Å²) in [5.74, 6) is 1.22. The number of carbonyl (C=O) groups excluding carboxylic acids is 1. The van der Waals surface area contributed by atoms with E-state index in [0.29, 0.717) is 61.9 Å². The molecule has 0 saturated carbocycles. The summed E-state index contributed by atoms with van der Waals surface area (Å²) in [7, 11) is -3.51. The monoisotopic (exact) mass is 466 g/mol. The van der Waals surface area contributed by atoms with Crippen LogP contribution in [-0.4, -0.2) is 62.8 Å². The molecule has 1 amide bonds. The molecule has 2 aliphatic rings. The number of anilines is 1. The van der Waals surface area contributed by atoms with Gasteiger partial charge in [0.1, 0.15) is 17.7 Å². The second-order valence-corrected chi connectivity index (χ2v) is 9.65. The number of fused-ring (bicyclic) bond motifs is 1. The van der Waals surface area contributed by atoms with E-state index >= 15 is 0 Å². The Morgan fingerprint density at radius 3 is 2.67 bits per heavy atom. The maximum absolute atomic E-state index is 12.6. The lowest BCUT2D eigenvalue weighted by Gasteiger charge is -2.35. The number of nitrogens with one attached hydrogen (secondary N) is 1. The number of hydrogen-bond acceptors (Lipinski definition) is 7. The van der Waals surface area contributed by atoms with E-state index in [0.717, 1.165) is 19.3 Å². The predicted molar refractivity (Wildman–Crippen MR) is 124 cm³/mol. The molecule has 0 atom stereocenters. The van der Waals surface area contributed by atoms with E-state index in [1.165, 1.54) is 0 Å². The van der Waals surface area contributed by atoms with E-state index in [2.05, 4.69) is 25.7 Å². The molecule has 1 fully saturated rings. The van der Waals surface area contributed by atoms with Crippen LogP contribution in [-0.2, 0) is 14.8 Å². The number of hydrogen-bond donors (Lipinski definition) is 1. The third kappa shape index (κ3) is 5.14. The van der Waals surface area contributed by atoms with Crippen LogP contribution in [0.2, 0.25) is 0 Å². The largest absolute Gasteiger partial charge is 0.352 e. The number of rotatable bonds is 7. The minimum Gasteiger partial charge on any atom is -0.352 e. The van der Waals surface area contributed by atoms with Crippen molar-refractivity contribution in [1.82, 2.24) is 14.6 Å². The van der Waals surface area contributed by atoms with E-state index in [9.17, 15) is 18.5 Å². The van der Waals surface area contributed by atoms with Gasteiger partial charge in [-0.05, 0) is 37.1 Å². The number of amidine groups is 1. The Morgan fingerprint density at radius 2 is 1.88 bits per heavy atom. The van der Waals surface area contributed by atoms with Gasteiger partial charge in [-0.15, -0.1) is 0 Å². The number of sulfonamides is 1. The fraction of sp³-hybridized carbons (Fsp3) is 0.391. The Morgan fingerprint density at radius 1 is 1.09 bits per heavy atom. The molecule has 9 nitrogen and oxygen atoms in total. The minimum atomic E-state index is -3.51. The van der Waals surface area contributed by atoms with Gasteiger partial charge in [-0.1, -0.05) is 18.6 Å². The maximum Gasteiger partial charge on any atom is 0.263 e.